The summed E-state index contributed by atoms with van der Waals surface area (Å²) in [5.74, 6) is 0.00741. The topological polar surface area (TPSA) is 72.2 Å². The van der Waals surface area contributed by atoms with Gasteiger partial charge in [0.2, 0.25) is 10.0 Å². The maximum atomic E-state index is 13.1. The van der Waals surface area contributed by atoms with Gasteiger partial charge in [0.1, 0.15) is 5.82 Å². The standard InChI is InChI=1S/C9H12BrFN2O2S2/c1-16-3-2-13-17(14,15)9-5-8(12)7(11)4-6(9)10/h4-5,13H,2-3,12H2,1H3. The third kappa shape index (κ3) is 3.84. The molecule has 0 fully saturated rings. The minimum atomic E-state index is -3.66. The second-order valence-electron chi connectivity index (χ2n) is 3.19. The van der Waals surface area contributed by atoms with Crippen LogP contribution in [-0.4, -0.2) is 27.0 Å². The monoisotopic (exact) mass is 342 g/mol. The smallest absolute Gasteiger partial charge is 0.241 e. The molecule has 0 saturated heterocycles. The van der Waals surface area contributed by atoms with Gasteiger partial charge in [-0.2, -0.15) is 11.8 Å². The zero-order chi connectivity index (χ0) is 13.1. The summed E-state index contributed by atoms with van der Waals surface area (Å²) in [5, 5.41) is 0. The van der Waals surface area contributed by atoms with E-state index in [0.29, 0.717) is 12.3 Å². The molecule has 0 spiro atoms. The van der Waals surface area contributed by atoms with E-state index in [2.05, 4.69) is 20.7 Å². The first-order valence-corrected chi connectivity index (χ1v) is 8.28. The highest BCUT2D eigenvalue weighted by Crippen LogP contribution is 2.26. The molecule has 0 aliphatic heterocycles. The molecule has 0 heterocycles. The molecule has 0 radical (unpaired) electrons. The van der Waals surface area contributed by atoms with E-state index in [9.17, 15) is 12.8 Å². The number of nitrogen functional groups attached to an aromatic ring is 1. The molecule has 0 amide bonds. The Labute approximate surface area is 112 Å². The molecule has 0 unspecified atom stereocenters. The number of hydrogen-bond acceptors (Lipinski definition) is 4. The van der Waals surface area contributed by atoms with E-state index in [-0.39, 0.29) is 15.1 Å². The van der Waals surface area contributed by atoms with E-state index in [4.69, 9.17) is 5.73 Å². The van der Waals surface area contributed by atoms with Crippen molar-refractivity contribution < 1.29 is 12.8 Å². The number of thioether (sulfide) groups is 1. The van der Waals surface area contributed by atoms with Gasteiger partial charge in [0.15, 0.2) is 0 Å². The van der Waals surface area contributed by atoms with Crippen molar-refractivity contribution in [3.63, 3.8) is 0 Å². The number of nitrogens with two attached hydrogens (primary N) is 1. The van der Waals surface area contributed by atoms with Gasteiger partial charge in [-0.3, -0.25) is 0 Å². The lowest BCUT2D eigenvalue weighted by Gasteiger charge is -2.09. The molecule has 3 N–H and O–H groups in total. The molecule has 0 aliphatic carbocycles. The highest BCUT2D eigenvalue weighted by Gasteiger charge is 2.19. The van der Waals surface area contributed by atoms with Crippen LogP contribution < -0.4 is 10.5 Å². The number of hydrogen-bond donors (Lipinski definition) is 2. The first-order valence-electron chi connectivity index (χ1n) is 4.61. The zero-order valence-electron chi connectivity index (χ0n) is 9.04. The van der Waals surface area contributed by atoms with Crippen molar-refractivity contribution >= 4 is 43.4 Å². The maximum Gasteiger partial charge on any atom is 0.241 e. The largest absolute Gasteiger partial charge is 0.396 e. The fourth-order valence-corrected chi connectivity index (χ4v) is 3.62. The summed E-state index contributed by atoms with van der Waals surface area (Å²) >= 11 is 4.53. The Hall–Kier alpha value is -0.310. The second-order valence-corrected chi connectivity index (χ2v) is 6.77. The summed E-state index contributed by atoms with van der Waals surface area (Å²) in [6, 6.07) is 2.14. The maximum absolute atomic E-state index is 13.1. The predicted octanol–water partition coefficient (Wildman–Crippen LogP) is 1.81. The van der Waals surface area contributed by atoms with Crippen LogP contribution in [0.15, 0.2) is 21.5 Å². The minimum Gasteiger partial charge on any atom is -0.396 e. The van der Waals surface area contributed by atoms with E-state index >= 15 is 0 Å². The van der Waals surface area contributed by atoms with Gasteiger partial charge in [-0.25, -0.2) is 17.5 Å². The third-order valence-electron chi connectivity index (χ3n) is 1.94. The molecule has 1 rings (SSSR count). The van der Waals surface area contributed by atoms with Crippen molar-refractivity contribution in [1.29, 1.82) is 0 Å². The minimum absolute atomic E-state index is 0.0579. The average molecular weight is 343 g/mol. The second kappa shape index (κ2) is 6.03. The van der Waals surface area contributed by atoms with E-state index in [1.807, 2.05) is 6.26 Å². The number of nitrogens with one attached hydrogen (secondary N) is 1. The van der Waals surface area contributed by atoms with Crippen LogP contribution in [0.2, 0.25) is 0 Å². The first kappa shape index (κ1) is 14.7. The summed E-state index contributed by atoms with van der Waals surface area (Å²) in [6.07, 6.45) is 1.88. The van der Waals surface area contributed by atoms with Gasteiger partial charge in [0.25, 0.3) is 0 Å². The Morgan fingerprint density at radius 1 is 1.53 bits per heavy atom. The molecule has 1 aromatic carbocycles. The van der Waals surface area contributed by atoms with Crippen LogP contribution >= 0.6 is 27.7 Å². The van der Waals surface area contributed by atoms with Crippen molar-refractivity contribution in [3.05, 3.63) is 22.4 Å². The number of benzene rings is 1. The molecule has 96 valence electrons. The normalized spacial score (nSPS) is 11.7. The fourth-order valence-electron chi connectivity index (χ4n) is 1.11. The predicted molar refractivity (Wildman–Crippen MR) is 72.1 cm³/mol. The zero-order valence-corrected chi connectivity index (χ0v) is 12.3. The van der Waals surface area contributed by atoms with Crippen LogP contribution in [0.25, 0.3) is 0 Å². The first-order chi connectivity index (χ1) is 7.88. The summed E-state index contributed by atoms with van der Waals surface area (Å²) in [6.45, 7) is 0.313. The Balaban J connectivity index is 3.03. The highest BCUT2D eigenvalue weighted by atomic mass is 79.9. The Kier molecular flexibility index (Phi) is 5.23. The molecule has 0 aromatic heterocycles. The molecular weight excluding hydrogens is 331 g/mol. The number of sulfonamides is 1. The molecule has 1 aromatic rings. The summed E-state index contributed by atoms with van der Waals surface area (Å²) in [5.41, 5.74) is 5.15. The van der Waals surface area contributed by atoms with Crippen LogP contribution in [0.5, 0.6) is 0 Å². The SMILES string of the molecule is CSCCNS(=O)(=O)c1cc(N)c(F)cc1Br. The number of anilines is 1. The van der Waals surface area contributed by atoms with Crippen LogP contribution in [-0.2, 0) is 10.0 Å². The van der Waals surface area contributed by atoms with Gasteiger partial charge in [0, 0.05) is 16.8 Å². The van der Waals surface area contributed by atoms with E-state index in [1.54, 1.807) is 0 Å². The fraction of sp³-hybridized carbons (Fsp3) is 0.333. The van der Waals surface area contributed by atoms with E-state index in [1.165, 1.54) is 11.8 Å². The van der Waals surface area contributed by atoms with Crippen molar-refractivity contribution in [2.75, 3.05) is 24.3 Å². The Morgan fingerprint density at radius 3 is 2.76 bits per heavy atom. The molecule has 8 heteroatoms. The Morgan fingerprint density at radius 2 is 2.18 bits per heavy atom. The average Bonchev–Trinajstić information content (AvgIpc) is 2.23. The van der Waals surface area contributed by atoms with Crippen LogP contribution in [0, 0.1) is 5.82 Å². The highest BCUT2D eigenvalue weighted by molar-refractivity contribution is 9.10. The van der Waals surface area contributed by atoms with E-state index in [0.717, 1.165) is 12.1 Å². The van der Waals surface area contributed by atoms with Crippen LogP contribution in [0.4, 0.5) is 10.1 Å². The molecule has 0 atom stereocenters. The van der Waals surface area contributed by atoms with Crippen molar-refractivity contribution in [1.82, 2.24) is 4.72 Å². The van der Waals surface area contributed by atoms with Crippen molar-refractivity contribution in [3.8, 4) is 0 Å². The van der Waals surface area contributed by atoms with Gasteiger partial charge in [-0.05, 0) is 34.3 Å². The lowest BCUT2D eigenvalue weighted by atomic mass is 10.3. The molecule has 0 bridgehead atoms. The summed E-state index contributed by atoms with van der Waals surface area (Å²) in [4.78, 5) is -0.0579. The molecular formula is C9H12BrFN2O2S2. The van der Waals surface area contributed by atoms with Crippen molar-refractivity contribution in [2.45, 2.75) is 4.90 Å². The van der Waals surface area contributed by atoms with Gasteiger partial charge >= 0.3 is 0 Å². The molecule has 0 saturated carbocycles. The van der Waals surface area contributed by atoms with Gasteiger partial charge in [-0.15, -0.1) is 0 Å². The number of halogens is 2. The van der Waals surface area contributed by atoms with Crippen LogP contribution in [0.3, 0.4) is 0 Å². The Bertz CT molecular complexity index is 508. The molecule has 0 aliphatic rings. The van der Waals surface area contributed by atoms with E-state index < -0.39 is 15.8 Å². The van der Waals surface area contributed by atoms with Crippen LogP contribution in [0.1, 0.15) is 0 Å². The lowest BCUT2D eigenvalue weighted by Crippen LogP contribution is -2.26. The summed E-state index contributed by atoms with van der Waals surface area (Å²) in [7, 11) is -3.66. The third-order valence-corrected chi connectivity index (χ3v) is 4.97. The van der Waals surface area contributed by atoms with Gasteiger partial charge < -0.3 is 5.73 Å². The summed E-state index contributed by atoms with van der Waals surface area (Å²) < 4.78 is 39.4. The number of rotatable bonds is 5. The lowest BCUT2D eigenvalue weighted by molar-refractivity contribution is 0.583. The molecule has 4 nitrogen and oxygen atoms in total. The quantitative estimate of drug-likeness (QED) is 0.632. The van der Waals surface area contributed by atoms with Crippen molar-refractivity contribution in [2.24, 2.45) is 0 Å². The molecule has 17 heavy (non-hydrogen) atoms. The van der Waals surface area contributed by atoms with Gasteiger partial charge in [0.05, 0.1) is 10.6 Å². The van der Waals surface area contributed by atoms with Gasteiger partial charge in [-0.1, -0.05) is 0 Å².